The maximum absolute atomic E-state index is 13.8. The molecule has 4 nitrogen and oxygen atoms in total. The van der Waals surface area contributed by atoms with Crippen LogP contribution in [0.25, 0.3) is 0 Å². The summed E-state index contributed by atoms with van der Waals surface area (Å²) in [4.78, 5) is 17.6. The summed E-state index contributed by atoms with van der Waals surface area (Å²) in [6, 6.07) is 3.26. The van der Waals surface area contributed by atoms with Gasteiger partial charge in [-0.2, -0.15) is 0 Å². The molecule has 2 heterocycles. The molecular weight excluding hydrogens is 317 g/mol. The monoisotopic (exact) mass is 343 g/mol. The van der Waals surface area contributed by atoms with Crippen LogP contribution in [0.3, 0.4) is 0 Å². The third kappa shape index (κ3) is 3.16. The lowest BCUT2D eigenvalue weighted by Crippen LogP contribution is -2.51. The van der Waals surface area contributed by atoms with Crippen LogP contribution in [0.2, 0.25) is 0 Å². The van der Waals surface area contributed by atoms with Gasteiger partial charge in [0.15, 0.2) is 0 Å². The molecule has 2 aliphatic heterocycles. The minimum atomic E-state index is -0.320. The van der Waals surface area contributed by atoms with Crippen molar-refractivity contribution in [2.75, 3.05) is 5.32 Å². The Morgan fingerprint density at radius 2 is 2.16 bits per heavy atom. The molecule has 0 bridgehead atoms. The number of benzene rings is 1. The molecule has 134 valence electrons. The summed E-state index contributed by atoms with van der Waals surface area (Å²) in [5, 5.41) is 6.51. The molecule has 1 aromatic rings. The molecule has 4 rings (SSSR count). The number of fused-ring (bicyclic) bond motifs is 1. The van der Waals surface area contributed by atoms with Crippen molar-refractivity contribution >= 4 is 17.8 Å². The molecule has 25 heavy (non-hydrogen) atoms. The molecule has 0 spiro atoms. The molecule has 1 aliphatic carbocycles. The zero-order valence-corrected chi connectivity index (χ0v) is 14.9. The number of rotatable bonds is 4. The minimum Gasteiger partial charge on any atom is -0.373 e. The van der Waals surface area contributed by atoms with Gasteiger partial charge in [0, 0.05) is 17.7 Å². The molecule has 0 aromatic heterocycles. The molecule has 1 fully saturated rings. The second kappa shape index (κ2) is 6.43. The second-order valence-corrected chi connectivity index (χ2v) is 7.86. The van der Waals surface area contributed by atoms with E-state index in [2.05, 4.69) is 17.6 Å². The standard InChI is InChI=1S/C20H26FN3O/c1-11-4-3-9-22-17(11)19(13-5-6-13)24-20(25)16-10-14-7-8-15(21)12(2)18(14)23-16/h7-9,11,13,16-17,19,23H,3-6,10H2,1-2H3,(H,24,25). The number of amides is 1. The van der Waals surface area contributed by atoms with E-state index in [0.717, 1.165) is 24.1 Å². The first kappa shape index (κ1) is 16.6. The van der Waals surface area contributed by atoms with Crippen LogP contribution in [0.1, 0.15) is 43.7 Å². The Labute approximate surface area is 148 Å². The van der Waals surface area contributed by atoms with Crippen molar-refractivity contribution in [2.45, 2.75) is 64.1 Å². The molecular formula is C20H26FN3O. The van der Waals surface area contributed by atoms with Gasteiger partial charge in [0.2, 0.25) is 5.91 Å². The molecule has 1 aromatic carbocycles. The Morgan fingerprint density at radius 1 is 1.36 bits per heavy atom. The summed E-state index contributed by atoms with van der Waals surface area (Å²) in [5.74, 6) is 0.838. The van der Waals surface area contributed by atoms with Gasteiger partial charge in [-0.3, -0.25) is 9.79 Å². The first-order chi connectivity index (χ1) is 12.0. The summed E-state index contributed by atoms with van der Waals surface area (Å²) in [5.41, 5.74) is 2.40. The van der Waals surface area contributed by atoms with Crippen LogP contribution in [0.4, 0.5) is 10.1 Å². The van der Waals surface area contributed by atoms with E-state index in [4.69, 9.17) is 4.99 Å². The lowest BCUT2D eigenvalue weighted by molar-refractivity contribution is -0.122. The van der Waals surface area contributed by atoms with E-state index < -0.39 is 0 Å². The Balaban J connectivity index is 1.47. The smallest absolute Gasteiger partial charge is 0.243 e. The van der Waals surface area contributed by atoms with Gasteiger partial charge < -0.3 is 10.6 Å². The average molecular weight is 343 g/mol. The highest BCUT2D eigenvalue weighted by atomic mass is 19.1. The average Bonchev–Trinajstić information content (AvgIpc) is 3.35. The van der Waals surface area contributed by atoms with Gasteiger partial charge in [-0.25, -0.2) is 4.39 Å². The summed E-state index contributed by atoms with van der Waals surface area (Å²) in [7, 11) is 0. The van der Waals surface area contributed by atoms with Gasteiger partial charge in [0.05, 0.1) is 12.1 Å². The van der Waals surface area contributed by atoms with Gasteiger partial charge in [0.25, 0.3) is 0 Å². The van der Waals surface area contributed by atoms with Gasteiger partial charge in [-0.1, -0.05) is 13.0 Å². The van der Waals surface area contributed by atoms with Crippen LogP contribution in [0.15, 0.2) is 17.1 Å². The van der Waals surface area contributed by atoms with E-state index in [1.54, 1.807) is 13.0 Å². The van der Waals surface area contributed by atoms with E-state index in [0.29, 0.717) is 23.8 Å². The van der Waals surface area contributed by atoms with Crippen molar-refractivity contribution in [1.82, 2.24) is 5.32 Å². The highest BCUT2D eigenvalue weighted by Gasteiger charge is 2.41. The van der Waals surface area contributed by atoms with Crippen molar-refractivity contribution in [3.63, 3.8) is 0 Å². The molecule has 4 unspecified atom stereocenters. The number of nitrogens with zero attached hydrogens (tertiary/aromatic N) is 1. The third-order valence-electron chi connectivity index (χ3n) is 5.96. The SMILES string of the molecule is Cc1c(F)ccc2c1NC(C(=O)NC(C1CC1)C1N=CCCC1C)C2. The summed E-state index contributed by atoms with van der Waals surface area (Å²) >= 11 is 0. The van der Waals surface area contributed by atoms with Crippen molar-refractivity contribution < 1.29 is 9.18 Å². The van der Waals surface area contributed by atoms with Crippen molar-refractivity contribution in [2.24, 2.45) is 16.8 Å². The molecule has 5 heteroatoms. The second-order valence-electron chi connectivity index (χ2n) is 7.86. The van der Waals surface area contributed by atoms with Crippen LogP contribution in [0.5, 0.6) is 0 Å². The van der Waals surface area contributed by atoms with Gasteiger partial charge in [-0.05, 0) is 62.3 Å². The van der Waals surface area contributed by atoms with E-state index in [-0.39, 0.29) is 29.8 Å². The molecule has 1 saturated carbocycles. The minimum absolute atomic E-state index is 0.0147. The molecule has 3 aliphatic rings. The fraction of sp³-hybridized carbons (Fsp3) is 0.600. The first-order valence-electron chi connectivity index (χ1n) is 9.41. The third-order valence-corrected chi connectivity index (χ3v) is 5.96. The number of hydrogen-bond acceptors (Lipinski definition) is 3. The number of carbonyl (C=O) groups is 1. The first-order valence-corrected chi connectivity index (χ1v) is 9.41. The summed E-state index contributed by atoms with van der Waals surface area (Å²) < 4.78 is 13.8. The van der Waals surface area contributed by atoms with Crippen LogP contribution < -0.4 is 10.6 Å². The fourth-order valence-corrected chi connectivity index (χ4v) is 4.22. The summed E-state index contributed by atoms with van der Waals surface area (Å²) in [6.45, 7) is 3.99. The lowest BCUT2D eigenvalue weighted by atomic mass is 9.87. The van der Waals surface area contributed by atoms with Crippen LogP contribution >= 0.6 is 0 Å². The Bertz CT molecular complexity index is 713. The maximum Gasteiger partial charge on any atom is 0.243 e. The van der Waals surface area contributed by atoms with E-state index in [1.165, 1.54) is 18.9 Å². The van der Waals surface area contributed by atoms with Crippen molar-refractivity contribution in [3.05, 3.63) is 29.1 Å². The maximum atomic E-state index is 13.8. The normalized spacial score (nSPS) is 29.0. The molecule has 0 radical (unpaired) electrons. The predicted octanol–water partition coefficient (Wildman–Crippen LogP) is 3.23. The number of aliphatic imine (C=N–C) groups is 1. The van der Waals surface area contributed by atoms with E-state index >= 15 is 0 Å². The van der Waals surface area contributed by atoms with Crippen LogP contribution in [-0.2, 0) is 11.2 Å². The quantitative estimate of drug-likeness (QED) is 0.882. The molecule has 0 saturated heterocycles. The highest BCUT2D eigenvalue weighted by Crippen LogP contribution is 2.38. The topological polar surface area (TPSA) is 53.5 Å². The van der Waals surface area contributed by atoms with Gasteiger partial charge in [0.1, 0.15) is 11.9 Å². The number of nitrogens with one attached hydrogen (secondary N) is 2. The Morgan fingerprint density at radius 3 is 2.88 bits per heavy atom. The van der Waals surface area contributed by atoms with Crippen molar-refractivity contribution in [1.29, 1.82) is 0 Å². The van der Waals surface area contributed by atoms with Crippen LogP contribution in [-0.4, -0.2) is 30.2 Å². The largest absolute Gasteiger partial charge is 0.373 e. The molecule has 4 atom stereocenters. The van der Waals surface area contributed by atoms with E-state index in [1.807, 2.05) is 6.21 Å². The summed E-state index contributed by atoms with van der Waals surface area (Å²) in [6.07, 6.45) is 7.15. The van der Waals surface area contributed by atoms with Gasteiger partial charge in [-0.15, -0.1) is 0 Å². The molecule has 1 amide bonds. The number of halogens is 1. The van der Waals surface area contributed by atoms with Gasteiger partial charge >= 0.3 is 0 Å². The zero-order chi connectivity index (χ0) is 17.6. The predicted molar refractivity (Wildman–Crippen MR) is 97.6 cm³/mol. The van der Waals surface area contributed by atoms with Crippen LogP contribution in [0, 0.1) is 24.6 Å². The molecule has 2 N–H and O–H groups in total. The highest BCUT2D eigenvalue weighted by molar-refractivity contribution is 5.88. The zero-order valence-electron chi connectivity index (χ0n) is 14.9. The number of hydrogen-bond donors (Lipinski definition) is 2. The van der Waals surface area contributed by atoms with E-state index in [9.17, 15) is 9.18 Å². The Kier molecular flexibility index (Phi) is 4.26. The fourth-order valence-electron chi connectivity index (χ4n) is 4.22. The number of anilines is 1. The van der Waals surface area contributed by atoms with Crippen molar-refractivity contribution in [3.8, 4) is 0 Å². The lowest BCUT2D eigenvalue weighted by Gasteiger charge is -2.32. The number of carbonyl (C=O) groups excluding carboxylic acids is 1. The Hall–Kier alpha value is -1.91.